The second-order valence-corrected chi connectivity index (χ2v) is 8.85. The molecule has 0 aromatic heterocycles. The summed E-state index contributed by atoms with van der Waals surface area (Å²) < 4.78 is 0. The monoisotopic (exact) mass is 278 g/mol. The molecule has 0 bridgehead atoms. The van der Waals surface area contributed by atoms with E-state index in [1.807, 2.05) is 0 Å². The quantitative estimate of drug-likeness (QED) is 0.472. The van der Waals surface area contributed by atoms with Crippen molar-refractivity contribution >= 4 is 6.71 Å². The normalized spacial score (nSPS) is 17.0. The number of hydrogen-bond donors (Lipinski definition) is 0. The molecule has 0 aliphatic rings. The first-order valence-electron chi connectivity index (χ1n) is 8.61. The standard InChI is InChI=1S/C19H39B/c1-13(2)12-18(15(5)6)20(16(7)14(3)4)17(8)19(9,10)11/h12-17H,1-11H3/b18-12+. The van der Waals surface area contributed by atoms with Crippen LogP contribution in [0.5, 0.6) is 0 Å². The van der Waals surface area contributed by atoms with Gasteiger partial charge in [-0.1, -0.05) is 99.8 Å². The molecule has 0 saturated carbocycles. The van der Waals surface area contributed by atoms with E-state index in [0.29, 0.717) is 29.8 Å². The molecule has 2 unspecified atom stereocenters. The lowest BCUT2D eigenvalue weighted by atomic mass is 9.25. The molecule has 0 N–H and O–H groups in total. The Hall–Kier alpha value is -0.195. The number of allylic oxidation sites excluding steroid dienone is 2. The smallest absolute Gasteiger partial charge is 0.102 e. The van der Waals surface area contributed by atoms with Crippen LogP contribution in [0.2, 0.25) is 11.6 Å². The fourth-order valence-electron chi connectivity index (χ4n) is 3.07. The van der Waals surface area contributed by atoms with E-state index in [2.05, 4.69) is 82.2 Å². The molecule has 20 heavy (non-hydrogen) atoms. The van der Waals surface area contributed by atoms with Crippen molar-refractivity contribution in [3.8, 4) is 0 Å². The van der Waals surface area contributed by atoms with Gasteiger partial charge in [-0.15, -0.1) is 5.47 Å². The van der Waals surface area contributed by atoms with E-state index in [-0.39, 0.29) is 0 Å². The van der Waals surface area contributed by atoms with Gasteiger partial charge < -0.3 is 0 Å². The van der Waals surface area contributed by atoms with Crippen LogP contribution in [-0.4, -0.2) is 6.71 Å². The summed E-state index contributed by atoms with van der Waals surface area (Å²) in [4.78, 5) is 0. The second-order valence-electron chi connectivity index (χ2n) is 8.85. The Morgan fingerprint density at radius 1 is 0.850 bits per heavy atom. The maximum Gasteiger partial charge on any atom is 0.177 e. The van der Waals surface area contributed by atoms with Crippen molar-refractivity contribution in [1.82, 2.24) is 0 Å². The molecule has 2 atom stereocenters. The van der Waals surface area contributed by atoms with Crippen molar-refractivity contribution in [3.05, 3.63) is 11.5 Å². The highest BCUT2D eigenvalue weighted by atomic mass is 14.2. The average molecular weight is 278 g/mol. The highest BCUT2D eigenvalue weighted by Gasteiger charge is 2.39. The minimum absolute atomic E-state index is 0.360. The topological polar surface area (TPSA) is 0 Å². The van der Waals surface area contributed by atoms with Crippen molar-refractivity contribution in [2.24, 2.45) is 23.2 Å². The van der Waals surface area contributed by atoms with Crippen LogP contribution >= 0.6 is 0 Å². The Morgan fingerprint density at radius 2 is 1.30 bits per heavy atom. The molecule has 0 aliphatic carbocycles. The summed E-state index contributed by atoms with van der Waals surface area (Å²) in [6.45, 7) is 26.9. The predicted molar refractivity (Wildman–Crippen MR) is 96.7 cm³/mol. The lowest BCUT2D eigenvalue weighted by Gasteiger charge is -2.40. The van der Waals surface area contributed by atoms with Crippen LogP contribution in [0.4, 0.5) is 0 Å². The van der Waals surface area contributed by atoms with Crippen molar-refractivity contribution < 1.29 is 0 Å². The zero-order valence-corrected chi connectivity index (χ0v) is 16.0. The molecular weight excluding hydrogens is 239 g/mol. The first kappa shape index (κ1) is 19.8. The average Bonchev–Trinajstić information content (AvgIpc) is 2.25. The van der Waals surface area contributed by atoms with Gasteiger partial charge in [0.1, 0.15) is 0 Å². The third-order valence-electron chi connectivity index (χ3n) is 5.10. The summed E-state index contributed by atoms with van der Waals surface area (Å²) in [5, 5.41) is 0. The predicted octanol–water partition coefficient (Wildman–Crippen LogP) is 6.74. The van der Waals surface area contributed by atoms with Gasteiger partial charge >= 0.3 is 0 Å². The van der Waals surface area contributed by atoms with Gasteiger partial charge in [0.2, 0.25) is 0 Å². The van der Waals surface area contributed by atoms with Gasteiger partial charge in [-0.25, -0.2) is 0 Å². The molecule has 0 aliphatic heterocycles. The van der Waals surface area contributed by atoms with E-state index in [9.17, 15) is 0 Å². The number of hydrogen-bond acceptors (Lipinski definition) is 0. The van der Waals surface area contributed by atoms with Crippen LogP contribution in [0.1, 0.15) is 76.2 Å². The minimum atomic E-state index is 0.360. The zero-order chi connectivity index (χ0) is 16.2. The Balaban J connectivity index is 5.72. The molecule has 0 saturated heterocycles. The molecule has 0 rings (SSSR count). The fourth-order valence-corrected chi connectivity index (χ4v) is 3.07. The Morgan fingerprint density at radius 3 is 1.55 bits per heavy atom. The van der Waals surface area contributed by atoms with Gasteiger partial charge in [0, 0.05) is 0 Å². The third kappa shape index (κ3) is 5.66. The first-order valence-corrected chi connectivity index (χ1v) is 8.61. The summed E-state index contributed by atoms with van der Waals surface area (Å²) in [6, 6.07) is 0. The molecule has 0 heterocycles. The Bertz CT molecular complexity index is 304. The zero-order valence-electron chi connectivity index (χ0n) is 16.0. The van der Waals surface area contributed by atoms with Gasteiger partial charge in [-0.3, -0.25) is 0 Å². The summed E-state index contributed by atoms with van der Waals surface area (Å²) >= 11 is 0. The van der Waals surface area contributed by atoms with Crippen molar-refractivity contribution in [1.29, 1.82) is 0 Å². The molecule has 0 amide bonds. The van der Waals surface area contributed by atoms with Gasteiger partial charge in [-0.05, 0) is 17.3 Å². The van der Waals surface area contributed by atoms with E-state index in [1.165, 1.54) is 0 Å². The van der Waals surface area contributed by atoms with E-state index in [0.717, 1.165) is 11.7 Å². The molecule has 1 heteroatoms. The third-order valence-corrected chi connectivity index (χ3v) is 5.10. The van der Waals surface area contributed by atoms with Crippen molar-refractivity contribution in [3.63, 3.8) is 0 Å². The van der Waals surface area contributed by atoms with Crippen LogP contribution in [0, 0.1) is 23.2 Å². The lowest BCUT2D eigenvalue weighted by Crippen LogP contribution is -2.37. The second kappa shape index (κ2) is 7.71. The molecule has 0 fully saturated rings. The van der Waals surface area contributed by atoms with Gasteiger partial charge in [0.05, 0.1) is 0 Å². The molecule has 0 aromatic rings. The largest absolute Gasteiger partial charge is 0.177 e. The molecular formula is C19H39B. The maximum atomic E-state index is 2.54. The van der Waals surface area contributed by atoms with Gasteiger partial charge in [0.25, 0.3) is 0 Å². The summed E-state index contributed by atoms with van der Waals surface area (Å²) in [6.07, 6.45) is 2.54. The molecule has 0 aromatic carbocycles. The van der Waals surface area contributed by atoms with Gasteiger partial charge in [0.15, 0.2) is 6.71 Å². The van der Waals surface area contributed by atoms with Crippen LogP contribution in [0.25, 0.3) is 0 Å². The number of rotatable bonds is 6. The molecule has 118 valence electrons. The lowest BCUT2D eigenvalue weighted by molar-refractivity contribution is 0.384. The highest BCUT2D eigenvalue weighted by Crippen LogP contribution is 2.43. The van der Waals surface area contributed by atoms with Crippen LogP contribution < -0.4 is 0 Å². The van der Waals surface area contributed by atoms with Crippen LogP contribution in [-0.2, 0) is 0 Å². The van der Waals surface area contributed by atoms with E-state index >= 15 is 0 Å². The molecule has 0 spiro atoms. The highest BCUT2D eigenvalue weighted by molar-refractivity contribution is 6.69. The van der Waals surface area contributed by atoms with Crippen LogP contribution in [0.3, 0.4) is 0 Å². The summed E-state index contributed by atoms with van der Waals surface area (Å²) in [7, 11) is 0. The Labute approximate surface area is 129 Å². The summed E-state index contributed by atoms with van der Waals surface area (Å²) in [5.74, 6) is 3.46. The SMILES string of the molecule is CC(C)/C=C(/B(C(C)C(C)C)C(C)C(C)(C)C)C(C)C. The summed E-state index contributed by atoms with van der Waals surface area (Å²) in [5.41, 5.74) is 2.04. The molecule has 0 radical (unpaired) electrons. The fraction of sp³-hybridized carbons (Fsp3) is 0.895. The van der Waals surface area contributed by atoms with E-state index in [4.69, 9.17) is 0 Å². The minimum Gasteiger partial charge on any atom is -0.102 e. The van der Waals surface area contributed by atoms with Crippen LogP contribution in [0.15, 0.2) is 11.5 Å². The van der Waals surface area contributed by atoms with Gasteiger partial charge in [-0.2, -0.15) is 0 Å². The van der Waals surface area contributed by atoms with Crippen molar-refractivity contribution in [2.75, 3.05) is 0 Å². The maximum absolute atomic E-state index is 2.54. The van der Waals surface area contributed by atoms with Crippen molar-refractivity contribution in [2.45, 2.75) is 87.8 Å². The molecule has 0 nitrogen and oxygen atoms in total. The first-order chi connectivity index (χ1) is 8.89. The van der Waals surface area contributed by atoms with E-state index in [1.54, 1.807) is 5.47 Å². The Kier molecular flexibility index (Phi) is 7.64. The van der Waals surface area contributed by atoms with E-state index < -0.39 is 0 Å².